The third-order valence-corrected chi connectivity index (χ3v) is 3.42. The molecule has 2 N–H and O–H groups in total. The highest BCUT2D eigenvalue weighted by Crippen LogP contribution is 2.26. The van der Waals surface area contributed by atoms with Gasteiger partial charge in [0.2, 0.25) is 0 Å². The van der Waals surface area contributed by atoms with Gasteiger partial charge in [0.1, 0.15) is 0 Å². The summed E-state index contributed by atoms with van der Waals surface area (Å²) < 4.78 is 0. The normalized spacial score (nSPS) is 10.1. The van der Waals surface area contributed by atoms with Crippen LogP contribution in [-0.4, -0.2) is 17.0 Å². The second-order valence-corrected chi connectivity index (χ2v) is 4.69. The van der Waals surface area contributed by atoms with Gasteiger partial charge < -0.3 is 10.4 Å². The molecule has 2 aromatic carbocycles. The summed E-state index contributed by atoms with van der Waals surface area (Å²) in [7, 11) is 0. The number of carbonyl (C=O) groups is 2. The van der Waals surface area contributed by atoms with Crippen LogP contribution < -0.4 is 5.32 Å². The Labute approximate surface area is 124 Å². The second-order valence-electron chi connectivity index (χ2n) is 3.91. The molecule has 0 atom stereocenters. The number of benzene rings is 2. The topological polar surface area (TPSA) is 66.4 Å². The minimum Gasteiger partial charge on any atom is -0.478 e. The van der Waals surface area contributed by atoms with Crippen LogP contribution >= 0.6 is 23.2 Å². The second kappa shape index (κ2) is 5.94. The Morgan fingerprint density at radius 1 is 0.950 bits per heavy atom. The molecule has 0 fully saturated rings. The maximum Gasteiger partial charge on any atom is 0.337 e. The summed E-state index contributed by atoms with van der Waals surface area (Å²) in [6.07, 6.45) is 0. The van der Waals surface area contributed by atoms with E-state index in [1.54, 1.807) is 24.3 Å². The van der Waals surface area contributed by atoms with Gasteiger partial charge in [-0.1, -0.05) is 41.4 Å². The monoisotopic (exact) mass is 309 g/mol. The van der Waals surface area contributed by atoms with Crippen molar-refractivity contribution in [2.24, 2.45) is 0 Å². The Morgan fingerprint density at radius 3 is 2.30 bits per heavy atom. The number of carboxylic acid groups (broad SMARTS) is 1. The molecule has 0 saturated heterocycles. The summed E-state index contributed by atoms with van der Waals surface area (Å²) in [6.45, 7) is 0. The van der Waals surface area contributed by atoms with Crippen molar-refractivity contribution < 1.29 is 14.7 Å². The van der Waals surface area contributed by atoms with E-state index in [1.165, 1.54) is 18.2 Å². The first-order valence-electron chi connectivity index (χ1n) is 5.58. The summed E-state index contributed by atoms with van der Waals surface area (Å²) in [5.41, 5.74) is 0.374. The number of para-hydroxylation sites is 1. The van der Waals surface area contributed by atoms with Crippen molar-refractivity contribution in [2.45, 2.75) is 0 Å². The van der Waals surface area contributed by atoms with Crippen LogP contribution in [0.4, 0.5) is 5.69 Å². The lowest BCUT2D eigenvalue weighted by Gasteiger charge is -2.09. The molecule has 0 bridgehead atoms. The van der Waals surface area contributed by atoms with Crippen molar-refractivity contribution in [3.05, 3.63) is 63.6 Å². The molecule has 4 nitrogen and oxygen atoms in total. The first-order valence-corrected chi connectivity index (χ1v) is 6.34. The predicted octanol–water partition coefficient (Wildman–Crippen LogP) is 3.94. The quantitative estimate of drug-likeness (QED) is 0.902. The number of carboxylic acids is 1. The Morgan fingerprint density at radius 2 is 1.60 bits per heavy atom. The van der Waals surface area contributed by atoms with E-state index in [2.05, 4.69) is 5.32 Å². The van der Waals surface area contributed by atoms with Gasteiger partial charge in [-0.15, -0.1) is 0 Å². The molecule has 2 rings (SSSR count). The fourth-order valence-corrected chi connectivity index (χ4v) is 2.03. The average Bonchev–Trinajstić information content (AvgIpc) is 2.42. The zero-order valence-electron chi connectivity index (χ0n) is 10.1. The van der Waals surface area contributed by atoms with E-state index >= 15 is 0 Å². The van der Waals surface area contributed by atoms with Crippen molar-refractivity contribution in [1.82, 2.24) is 0 Å². The highest BCUT2D eigenvalue weighted by Gasteiger charge is 2.16. The highest BCUT2D eigenvalue weighted by atomic mass is 35.5. The van der Waals surface area contributed by atoms with Crippen LogP contribution in [0.15, 0.2) is 42.5 Å². The van der Waals surface area contributed by atoms with Gasteiger partial charge in [-0.25, -0.2) is 4.79 Å². The van der Waals surface area contributed by atoms with E-state index in [0.717, 1.165) is 0 Å². The van der Waals surface area contributed by atoms with Crippen molar-refractivity contribution in [3.8, 4) is 0 Å². The first kappa shape index (κ1) is 14.4. The molecule has 6 heteroatoms. The minimum atomic E-state index is -1.13. The molecule has 0 saturated carbocycles. The molecule has 102 valence electrons. The number of anilines is 1. The predicted molar refractivity (Wildman–Crippen MR) is 77.8 cm³/mol. The molecule has 0 aromatic heterocycles. The number of hydrogen-bond donors (Lipinski definition) is 2. The summed E-state index contributed by atoms with van der Waals surface area (Å²) >= 11 is 11.8. The number of rotatable bonds is 3. The van der Waals surface area contributed by atoms with E-state index < -0.39 is 11.9 Å². The van der Waals surface area contributed by atoms with Crippen LogP contribution in [0, 0.1) is 0 Å². The summed E-state index contributed by atoms with van der Waals surface area (Å²) in [4.78, 5) is 23.2. The summed E-state index contributed by atoms with van der Waals surface area (Å²) in [6, 6.07) is 10.8. The summed E-state index contributed by atoms with van der Waals surface area (Å²) in [5, 5.41) is 11.9. The molecule has 0 radical (unpaired) electrons. The molecule has 1 amide bonds. The largest absolute Gasteiger partial charge is 0.478 e. The van der Waals surface area contributed by atoms with Gasteiger partial charge in [-0.3, -0.25) is 4.79 Å². The lowest BCUT2D eigenvalue weighted by molar-refractivity contribution is 0.0698. The maximum atomic E-state index is 12.1. The number of aromatic carboxylic acids is 1. The lowest BCUT2D eigenvalue weighted by Crippen LogP contribution is -2.15. The number of carbonyl (C=O) groups excluding carboxylic acids is 1. The zero-order chi connectivity index (χ0) is 14.7. The molecule has 0 aliphatic rings. The molecule has 0 heterocycles. The van der Waals surface area contributed by atoms with Gasteiger partial charge in [-0.05, 0) is 24.3 Å². The average molecular weight is 310 g/mol. The number of nitrogens with one attached hydrogen (secondary N) is 1. The van der Waals surface area contributed by atoms with Crippen LogP contribution in [0.1, 0.15) is 20.7 Å². The van der Waals surface area contributed by atoms with E-state index in [4.69, 9.17) is 28.3 Å². The molecule has 2 aromatic rings. The maximum absolute atomic E-state index is 12.1. The van der Waals surface area contributed by atoms with Gasteiger partial charge in [-0.2, -0.15) is 0 Å². The fraction of sp³-hybridized carbons (Fsp3) is 0. The fourth-order valence-electron chi connectivity index (χ4n) is 1.65. The smallest absolute Gasteiger partial charge is 0.337 e. The van der Waals surface area contributed by atoms with Crippen LogP contribution in [0.3, 0.4) is 0 Å². The molecular formula is C14H9Cl2NO3. The first-order chi connectivity index (χ1) is 9.50. The van der Waals surface area contributed by atoms with Crippen molar-refractivity contribution in [1.29, 1.82) is 0 Å². The van der Waals surface area contributed by atoms with Crippen LogP contribution in [0.25, 0.3) is 0 Å². The Hall–Kier alpha value is -2.04. The zero-order valence-corrected chi connectivity index (χ0v) is 11.6. The Kier molecular flexibility index (Phi) is 4.27. The summed E-state index contributed by atoms with van der Waals surface area (Å²) in [5.74, 6) is -1.65. The molecule has 0 spiro atoms. The van der Waals surface area contributed by atoms with Gasteiger partial charge in [0, 0.05) is 0 Å². The van der Waals surface area contributed by atoms with Gasteiger partial charge >= 0.3 is 5.97 Å². The molecule has 20 heavy (non-hydrogen) atoms. The third kappa shape index (κ3) is 2.92. The molecule has 0 aliphatic carbocycles. The van der Waals surface area contributed by atoms with E-state index in [0.29, 0.717) is 0 Å². The molecular weight excluding hydrogens is 301 g/mol. The minimum absolute atomic E-state index is 0.000925. The van der Waals surface area contributed by atoms with E-state index in [-0.39, 0.29) is 26.9 Å². The van der Waals surface area contributed by atoms with E-state index in [1.807, 2.05) is 0 Å². The van der Waals surface area contributed by atoms with Gasteiger partial charge in [0.05, 0.1) is 26.9 Å². The third-order valence-electron chi connectivity index (χ3n) is 2.60. The number of amides is 1. The van der Waals surface area contributed by atoms with Gasteiger partial charge in [0.25, 0.3) is 5.91 Å². The molecule has 0 unspecified atom stereocenters. The standard InChI is InChI=1S/C14H9Cl2NO3/c15-10-6-3-5-9(12(10)16)13(18)17-11-7-2-1-4-8(11)14(19)20/h1-7H,(H,17,18)(H,19,20). The van der Waals surface area contributed by atoms with Gasteiger partial charge in [0.15, 0.2) is 0 Å². The Balaban J connectivity index is 2.33. The molecule has 0 aliphatic heterocycles. The lowest BCUT2D eigenvalue weighted by atomic mass is 10.1. The SMILES string of the molecule is O=C(O)c1ccccc1NC(=O)c1cccc(Cl)c1Cl. The van der Waals surface area contributed by atoms with E-state index in [9.17, 15) is 9.59 Å². The van der Waals surface area contributed by atoms with Crippen LogP contribution in [0.5, 0.6) is 0 Å². The van der Waals surface area contributed by atoms with Crippen molar-refractivity contribution >= 4 is 40.8 Å². The Bertz CT molecular complexity index is 686. The number of hydrogen-bond acceptors (Lipinski definition) is 2. The number of halogens is 2. The van der Waals surface area contributed by atoms with Crippen LogP contribution in [0.2, 0.25) is 10.0 Å². The van der Waals surface area contributed by atoms with Crippen molar-refractivity contribution in [3.63, 3.8) is 0 Å². The van der Waals surface area contributed by atoms with Crippen molar-refractivity contribution in [2.75, 3.05) is 5.32 Å². The van der Waals surface area contributed by atoms with Crippen LogP contribution in [-0.2, 0) is 0 Å². The highest BCUT2D eigenvalue weighted by molar-refractivity contribution is 6.44.